The summed E-state index contributed by atoms with van der Waals surface area (Å²) in [6.45, 7) is 2.93. The van der Waals surface area contributed by atoms with Crippen LogP contribution in [0.15, 0.2) is 60.7 Å². The summed E-state index contributed by atoms with van der Waals surface area (Å²) >= 11 is 0. The van der Waals surface area contributed by atoms with Crippen LogP contribution in [0.4, 0.5) is 11.4 Å². The average Bonchev–Trinajstić information content (AvgIpc) is 3.23. The van der Waals surface area contributed by atoms with E-state index in [1.54, 1.807) is 0 Å². The monoisotopic (exact) mass is 366 g/mol. The molecule has 2 aromatic carbocycles. The van der Waals surface area contributed by atoms with Gasteiger partial charge in [-0.25, -0.2) is 10.0 Å². The summed E-state index contributed by atoms with van der Waals surface area (Å²) in [5.41, 5.74) is 1.34. The molecule has 0 spiro atoms. The van der Waals surface area contributed by atoms with Crippen molar-refractivity contribution in [2.45, 2.75) is 25.6 Å². The predicted octanol–water partition coefficient (Wildman–Crippen LogP) is 3.14. The van der Waals surface area contributed by atoms with Gasteiger partial charge in [0.1, 0.15) is 5.92 Å². The Morgan fingerprint density at radius 1 is 0.852 bits per heavy atom. The number of para-hydroxylation sites is 2. The second kappa shape index (κ2) is 7.13. The number of rotatable bonds is 5. The van der Waals surface area contributed by atoms with E-state index in [-0.39, 0.29) is 11.8 Å². The molecule has 0 unspecified atom stereocenters. The number of hydrogen-bond acceptors (Lipinski definition) is 4. The lowest BCUT2D eigenvalue weighted by atomic mass is 9.99. The highest BCUT2D eigenvalue weighted by molar-refractivity contribution is 6.22. The van der Waals surface area contributed by atoms with Gasteiger partial charge in [0.2, 0.25) is 0 Å². The molecule has 2 aliphatic rings. The summed E-state index contributed by atoms with van der Waals surface area (Å²) in [4.78, 5) is 26.4. The summed E-state index contributed by atoms with van der Waals surface area (Å²) in [5, 5.41) is 2.95. The van der Waals surface area contributed by atoms with Crippen LogP contribution >= 0.6 is 0 Å². The molecule has 4 rings (SSSR count). The van der Waals surface area contributed by atoms with E-state index in [4.69, 9.17) is 9.47 Å². The van der Waals surface area contributed by atoms with Crippen molar-refractivity contribution in [3.63, 3.8) is 0 Å². The Morgan fingerprint density at radius 2 is 1.30 bits per heavy atom. The molecule has 2 aromatic rings. The topological polar surface area (TPSA) is 59.1 Å². The van der Waals surface area contributed by atoms with E-state index in [0.29, 0.717) is 37.4 Å². The summed E-state index contributed by atoms with van der Waals surface area (Å²) in [7, 11) is 0. The molecule has 140 valence electrons. The first-order valence-electron chi connectivity index (χ1n) is 9.15. The van der Waals surface area contributed by atoms with E-state index in [1.807, 2.05) is 67.6 Å². The van der Waals surface area contributed by atoms with Crippen molar-refractivity contribution in [2.75, 3.05) is 23.2 Å². The van der Waals surface area contributed by atoms with Crippen LogP contribution in [-0.2, 0) is 19.1 Å². The minimum Gasteiger partial charge on any atom is -0.348 e. The third kappa shape index (κ3) is 3.34. The molecule has 0 aliphatic carbocycles. The summed E-state index contributed by atoms with van der Waals surface area (Å²) in [6, 6.07) is 18.5. The van der Waals surface area contributed by atoms with Gasteiger partial charge >= 0.3 is 0 Å². The Bertz CT molecular complexity index is 761. The van der Waals surface area contributed by atoms with Crippen LogP contribution in [0, 0.1) is 5.92 Å². The zero-order valence-electron chi connectivity index (χ0n) is 15.2. The van der Waals surface area contributed by atoms with Gasteiger partial charge in [0.05, 0.1) is 24.6 Å². The van der Waals surface area contributed by atoms with Gasteiger partial charge in [-0.05, 0) is 37.6 Å². The van der Waals surface area contributed by atoms with Gasteiger partial charge in [-0.1, -0.05) is 36.4 Å². The Hall–Kier alpha value is -2.70. The van der Waals surface area contributed by atoms with Gasteiger partial charge in [-0.3, -0.25) is 9.59 Å². The zero-order valence-corrected chi connectivity index (χ0v) is 15.2. The van der Waals surface area contributed by atoms with E-state index in [1.165, 1.54) is 10.0 Å². The minimum absolute atomic E-state index is 0.225. The number of nitrogens with zero attached hydrogens (tertiary/aromatic N) is 2. The molecule has 0 bridgehead atoms. The van der Waals surface area contributed by atoms with Crippen LogP contribution in [0.2, 0.25) is 0 Å². The van der Waals surface area contributed by atoms with Gasteiger partial charge < -0.3 is 9.47 Å². The van der Waals surface area contributed by atoms with Crippen LogP contribution in [0.5, 0.6) is 0 Å². The summed E-state index contributed by atoms with van der Waals surface area (Å²) < 4.78 is 11.2. The maximum atomic E-state index is 13.2. The van der Waals surface area contributed by atoms with Gasteiger partial charge in [0.25, 0.3) is 11.8 Å². The van der Waals surface area contributed by atoms with Crippen LogP contribution in [0.1, 0.15) is 19.8 Å². The van der Waals surface area contributed by atoms with Crippen molar-refractivity contribution >= 4 is 23.2 Å². The number of carbonyl (C=O) groups excluding carboxylic acids is 2. The number of hydrazine groups is 1. The lowest BCUT2D eigenvalue weighted by Crippen LogP contribution is -2.41. The second-order valence-corrected chi connectivity index (χ2v) is 6.89. The first-order valence-corrected chi connectivity index (χ1v) is 9.15. The Morgan fingerprint density at radius 3 is 1.74 bits per heavy atom. The van der Waals surface area contributed by atoms with Gasteiger partial charge in [-0.15, -0.1) is 0 Å². The first kappa shape index (κ1) is 17.7. The molecule has 0 aromatic heterocycles. The van der Waals surface area contributed by atoms with Crippen molar-refractivity contribution in [2.24, 2.45) is 5.92 Å². The van der Waals surface area contributed by atoms with E-state index in [9.17, 15) is 9.59 Å². The summed E-state index contributed by atoms with van der Waals surface area (Å²) in [6.07, 6.45) is 0.862. The third-order valence-electron chi connectivity index (χ3n) is 5.00. The maximum Gasteiger partial charge on any atom is 0.258 e. The molecule has 6 heteroatoms. The molecule has 6 nitrogen and oxygen atoms in total. The third-order valence-corrected chi connectivity index (χ3v) is 5.00. The van der Waals surface area contributed by atoms with E-state index in [2.05, 4.69) is 0 Å². The maximum absolute atomic E-state index is 13.2. The molecule has 0 saturated carbocycles. The molecule has 0 atom stereocenters. The van der Waals surface area contributed by atoms with E-state index < -0.39 is 11.7 Å². The molecule has 0 radical (unpaired) electrons. The molecule has 2 aliphatic heterocycles. The highest BCUT2D eigenvalue weighted by Crippen LogP contribution is 2.35. The molecular formula is C21H22N2O4. The molecule has 2 heterocycles. The number of hydrogen-bond donors (Lipinski definition) is 0. The number of carbonyl (C=O) groups is 2. The molecule has 2 saturated heterocycles. The van der Waals surface area contributed by atoms with Gasteiger partial charge in [0.15, 0.2) is 5.79 Å². The van der Waals surface area contributed by atoms with Crippen molar-refractivity contribution in [3.05, 3.63) is 60.7 Å². The second-order valence-electron chi connectivity index (χ2n) is 6.89. The number of ether oxygens (including phenoxy) is 2. The van der Waals surface area contributed by atoms with Crippen LogP contribution in [-0.4, -0.2) is 30.8 Å². The number of benzene rings is 2. The highest BCUT2D eigenvalue weighted by Gasteiger charge is 2.48. The molecule has 2 fully saturated rings. The standard InChI is InChI=1S/C21H22N2O4/c1-21(26-14-15-27-21)13-12-18-19(24)22(16-8-4-2-5-9-16)23(20(18)25)17-10-6-3-7-11-17/h2-11,18H,12-15H2,1H3. The van der Waals surface area contributed by atoms with Crippen molar-refractivity contribution in [1.82, 2.24) is 0 Å². The smallest absolute Gasteiger partial charge is 0.258 e. The fraction of sp³-hybridized carbons (Fsp3) is 0.333. The quantitative estimate of drug-likeness (QED) is 0.763. The SMILES string of the molecule is CC1(CCC2C(=O)N(c3ccccc3)N(c3ccccc3)C2=O)OCCO1. The van der Waals surface area contributed by atoms with Crippen molar-refractivity contribution in [3.8, 4) is 0 Å². The molecule has 0 N–H and O–H groups in total. The highest BCUT2D eigenvalue weighted by atomic mass is 16.7. The van der Waals surface area contributed by atoms with Crippen LogP contribution in [0.3, 0.4) is 0 Å². The number of amides is 2. The van der Waals surface area contributed by atoms with E-state index >= 15 is 0 Å². The largest absolute Gasteiger partial charge is 0.348 e. The van der Waals surface area contributed by atoms with Gasteiger partial charge in [-0.2, -0.15) is 0 Å². The number of anilines is 2. The lowest BCUT2D eigenvalue weighted by molar-refractivity contribution is -0.151. The van der Waals surface area contributed by atoms with Crippen molar-refractivity contribution < 1.29 is 19.1 Å². The van der Waals surface area contributed by atoms with Gasteiger partial charge in [0, 0.05) is 6.42 Å². The Balaban J connectivity index is 1.64. The predicted molar refractivity (Wildman–Crippen MR) is 101 cm³/mol. The minimum atomic E-state index is -0.755. The van der Waals surface area contributed by atoms with Crippen LogP contribution in [0.25, 0.3) is 0 Å². The average molecular weight is 366 g/mol. The first-order chi connectivity index (χ1) is 13.1. The Labute approximate surface area is 158 Å². The van der Waals surface area contributed by atoms with Crippen LogP contribution < -0.4 is 10.0 Å². The zero-order chi connectivity index (χ0) is 18.9. The molecular weight excluding hydrogens is 344 g/mol. The molecule has 27 heavy (non-hydrogen) atoms. The van der Waals surface area contributed by atoms with Crippen molar-refractivity contribution in [1.29, 1.82) is 0 Å². The Kier molecular flexibility index (Phi) is 4.68. The fourth-order valence-corrected chi connectivity index (χ4v) is 3.58. The normalized spacial score (nSPS) is 19.9. The molecule has 2 amide bonds. The summed E-state index contributed by atoms with van der Waals surface area (Å²) in [5.74, 6) is -1.93. The lowest BCUT2D eigenvalue weighted by Gasteiger charge is -2.27. The van der Waals surface area contributed by atoms with E-state index in [0.717, 1.165) is 0 Å². The fourth-order valence-electron chi connectivity index (χ4n) is 3.58.